The number of fused-ring (bicyclic) bond motifs is 1. The van der Waals surface area contributed by atoms with Crippen molar-refractivity contribution < 1.29 is 14.3 Å². The summed E-state index contributed by atoms with van der Waals surface area (Å²) in [6, 6.07) is 10.7. The highest BCUT2D eigenvalue weighted by atomic mass is 16.5. The lowest BCUT2D eigenvalue weighted by Gasteiger charge is -2.53. The molecule has 31 heavy (non-hydrogen) atoms. The fourth-order valence-corrected chi connectivity index (χ4v) is 6.78. The fraction of sp³-hybridized carbons (Fsp3) is 0.600. The number of carbonyl (C=O) groups is 1. The van der Waals surface area contributed by atoms with Crippen molar-refractivity contribution >= 4 is 5.91 Å². The van der Waals surface area contributed by atoms with Gasteiger partial charge in [0.25, 0.3) is 0 Å². The number of amides is 1. The molecule has 6 heteroatoms. The summed E-state index contributed by atoms with van der Waals surface area (Å²) in [7, 11) is 1.64. The van der Waals surface area contributed by atoms with Gasteiger partial charge in [-0.25, -0.2) is 4.68 Å². The molecular formula is C25H33N3O3. The molecule has 3 fully saturated rings. The van der Waals surface area contributed by atoms with Crippen LogP contribution in [0.1, 0.15) is 51.2 Å². The fourth-order valence-electron chi connectivity index (χ4n) is 6.78. The first-order valence-electron chi connectivity index (χ1n) is 11.5. The maximum absolute atomic E-state index is 12.7. The van der Waals surface area contributed by atoms with Crippen molar-refractivity contribution in [1.82, 2.24) is 15.1 Å². The van der Waals surface area contributed by atoms with Crippen molar-refractivity contribution in [3.05, 3.63) is 48.3 Å². The molecule has 3 aliphatic rings. The second-order valence-electron chi connectivity index (χ2n) is 10.1. The highest BCUT2D eigenvalue weighted by Gasteiger charge is 2.68. The number of nitrogens with zero attached hydrogens (tertiary/aromatic N) is 2. The van der Waals surface area contributed by atoms with Gasteiger partial charge in [-0.1, -0.05) is 26.0 Å². The predicted octanol–water partition coefficient (Wildman–Crippen LogP) is 3.91. The number of carbonyl (C=O) groups excluding carboxylic acids is 1. The molecule has 0 radical (unpaired) electrons. The maximum atomic E-state index is 12.7. The monoisotopic (exact) mass is 423 g/mol. The Kier molecular flexibility index (Phi) is 5.18. The highest BCUT2D eigenvalue weighted by molar-refractivity contribution is 5.76. The first kappa shape index (κ1) is 20.7. The summed E-state index contributed by atoms with van der Waals surface area (Å²) >= 11 is 0. The topological polar surface area (TPSA) is 65.4 Å². The molecule has 1 N–H and O–H groups in total. The zero-order valence-corrected chi connectivity index (χ0v) is 18.7. The average Bonchev–Trinajstić information content (AvgIpc) is 3.47. The SMILES string of the molecule is COCCC(=O)N[C@H]1C(C)(C)[C@@H]2C[C@@H]3[C@@H](c4ccc(-n5cccn5)cc4)OCCC31C2. The molecule has 5 rings (SSSR count). The number of aromatic nitrogens is 2. The Hall–Kier alpha value is -2.18. The molecule has 1 amide bonds. The van der Waals surface area contributed by atoms with Crippen LogP contribution < -0.4 is 5.32 Å². The second kappa shape index (κ2) is 7.75. The first-order chi connectivity index (χ1) is 15.0. The summed E-state index contributed by atoms with van der Waals surface area (Å²) in [6.45, 7) is 5.89. The van der Waals surface area contributed by atoms with Gasteiger partial charge in [-0.2, -0.15) is 5.10 Å². The minimum absolute atomic E-state index is 0.0832. The Morgan fingerprint density at radius 1 is 1.32 bits per heavy atom. The van der Waals surface area contributed by atoms with E-state index in [0.717, 1.165) is 18.7 Å². The average molecular weight is 424 g/mol. The Labute approximate surface area is 184 Å². The normalized spacial score (nSPS) is 33.3. The van der Waals surface area contributed by atoms with Crippen LogP contribution in [0, 0.1) is 22.7 Å². The third kappa shape index (κ3) is 3.31. The molecule has 2 heterocycles. The van der Waals surface area contributed by atoms with Crippen LogP contribution >= 0.6 is 0 Å². The number of hydrogen-bond donors (Lipinski definition) is 1. The van der Waals surface area contributed by atoms with E-state index in [2.05, 4.69) is 48.5 Å². The smallest absolute Gasteiger partial charge is 0.222 e. The molecule has 2 saturated carbocycles. The van der Waals surface area contributed by atoms with E-state index in [4.69, 9.17) is 9.47 Å². The van der Waals surface area contributed by atoms with Crippen molar-refractivity contribution in [3.63, 3.8) is 0 Å². The van der Waals surface area contributed by atoms with E-state index < -0.39 is 0 Å². The Morgan fingerprint density at radius 3 is 2.84 bits per heavy atom. The molecule has 5 atom stereocenters. The summed E-state index contributed by atoms with van der Waals surface area (Å²) in [6.07, 6.45) is 7.63. The van der Waals surface area contributed by atoms with Gasteiger partial charge in [0, 0.05) is 38.6 Å². The van der Waals surface area contributed by atoms with Gasteiger partial charge in [0.1, 0.15) is 0 Å². The van der Waals surface area contributed by atoms with Crippen LogP contribution in [0.5, 0.6) is 0 Å². The maximum Gasteiger partial charge on any atom is 0.222 e. The third-order valence-electron chi connectivity index (χ3n) is 8.33. The van der Waals surface area contributed by atoms with E-state index in [1.54, 1.807) is 13.3 Å². The van der Waals surface area contributed by atoms with Crippen LogP contribution in [0.2, 0.25) is 0 Å². The third-order valence-corrected chi connectivity index (χ3v) is 8.33. The first-order valence-corrected chi connectivity index (χ1v) is 11.5. The van der Waals surface area contributed by atoms with Gasteiger partial charge in [0.15, 0.2) is 0 Å². The molecule has 1 aromatic heterocycles. The number of rotatable bonds is 6. The summed E-state index contributed by atoms with van der Waals surface area (Å²) in [5, 5.41) is 7.76. The van der Waals surface area contributed by atoms with Crippen LogP contribution in [-0.4, -0.2) is 42.1 Å². The minimum atomic E-state index is 0.0832. The van der Waals surface area contributed by atoms with Gasteiger partial charge in [-0.3, -0.25) is 4.79 Å². The van der Waals surface area contributed by atoms with E-state index in [1.807, 2.05) is 16.9 Å². The summed E-state index contributed by atoms with van der Waals surface area (Å²) < 4.78 is 13.4. The van der Waals surface area contributed by atoms with Gasteiger partial charge in [0.05, 0.1) is 18.4 Å². The van der Waals surface area contributed by atoms with Crippen molar-refractivity contribution in [2.24, 2.45) is 22.7 Å². The molecule has 1 unspecified atom stereocenters. The largest absolute Gasteiger partial charge is 0.384 e. The van der Waals surface area contributed by atoms with E-state index >= 15 is 0 Å². The molecular weight excluding hydrogens is 390 g/mol. The van der Waals surface area contributed by atoms with Gasteiger partial charge in [-0.15, -0.1) is 0 Å². The molecule has 6 nitrogen and oxygen atoms in total. The molecule has 166 valence electrons. The van der Waals surface area contributed by atoms with Crippen LogP contribution in [0.15, 0.2) is 42.7 Å². The second-order valence-corrected chi connectivity index (χ2v) is 10.1. The van der Waals surface area contributed by atoms with Gasteiger partial charge < -0.3 is 14.8 Å². The van der Waals surface area contributed by atoms with Crippen LogP contribution in [-0.2, 0) is 14.3 Å². The molecule has 1 saturated heterocycles. The summed E-state index contributed by atoms with van der Waals surface area (Å²) in [4.78, 5) is 12.7. The van der Waals surface area contributed by atoms with Crippen molar-refractivity contribution in [2.75, 3.05) is 20.3 Å². The van der Waals surface area contributed by atoms with Gasteiger partial charge in [0.2, 0.25) is 5.91 Å². The zero-order valence-electron chi connectivity index (χ0n) is 18.7. The lowest BCUT2D eigenvalue weighted by molar-refractivity contribution is -0.137. The number of hydrogen-bond acceptors (Lipinski definition) is 4. The molecule has 1 spiro atoms. The predicted molar refractivity (Wildman–Crippen MR) is 118 cm³/mol. The Bertz CT molecular complexity index is 924. The van der Waals surface area contributed by atoms with E-state index in [-0.39, 0.29) is 28.9 Å². The minimum Gasteiger partial charge on any atom is -0.384 e. The standard InChI is InChI=1S/C25H33N3O3/c1-24(2)18-15-20-22(17-5-7-19(8-6-17)28-12-4-11-26-28)31-14-10-25(20,16-18)23(24)27-21(29)9-13-30-3/h4-8,11-12,18,20,22-23H,9-10,13-16H2,1-3H3,(H,27,29)/t18-,20-,22-,23+,25?/m1/s1. The molecule has 2 aromatic rings. The number of benzene rings is 1. The van der Waals surface area contributed by atoms with Crippen LogP contribution in [0.3, 0.4) is 0 Å². The quantitative estimate of drug-likeness (QED) is 0.765. The van der Waals surface area contributed by atoms with Crippen molar-refractivity contribution in [1.29, 1.82) is 0 Å². The van der Waals surface area contributed by atoms with Gasteiger partial charge >= 0.3 is 0 Å². The number of nitrogens with one attached hydrogen (secondary N) is 1. The van der Waals surface area contributed by atoms with Crippen LogP contribution in [0.25, 0.3) is 5.69 Å². The summed E-state index contributed by atoms with van der Waals surface area (Å²) in [5.74, 6) is 1.15. The summed E-state index contributed by atoms with van der Waals surface area (Å²) in [5.41, 5.74) is 2.50. The lowest BCUT2D eigenvalue weighted by atomic mass is 9.59. The Morgan fingerprint density at radius 2 is 2.13 bits per heavy atom. The number of methoxy groups -OCH3 is 1. The molecule has 1 aromatic carbocycles. The Balaban J connectivity index is 1.41. The molecule has 1 aliphatic heterocycles. The van der Waals surface area contributed by atoms with E-state index in [1.165, 1.54) is 18.4 Å². The van der Waals surface area contributed by atoms with Crippen LogP contribution in [0.4, 0.5) is 0 Å². The zero-order chi connectivity index (χ0) is 21.6. The van der Waals surface area contributed by atoms with E-state index in [0.29, 0.717) is 24.9 Å². The van der Waals surface area contributed by atoms with Crippen molar-refractivity contribution in [2.45, 2.75) is 51.7 Å². The molecule has 2 bridgehead atoms. The molecule has 2 aliphatic carbocycles. The van der Waals surface area contributed by atoms with Gasteiger partial charge in [-0.05, 0) is 65.7 Å². The van der Waals surface area contributed by atoms with Crippen molar-refractivity contribution in [3.8, 4) is 5.69 Å². The van der Waals surface area contributed by atoms with E-state index in [9.17, 15) is 4.79 Å². The lowest BCUT2D eigenvalue weighted by Crippen LogP contribution is -2.59. The number of ether oxygens (including phenoxy) is 2. The highest BCUT2D eigenvalue weighted by Crippen LogP contribution is 2.70.